The highest BCUT2D eigenvalue weighted by molar-refractivity contribution is 5.93. The van der Waals surface area contributed by atoms with E-state index in [1.54, 1.807) is 29.0 Å². The molecule has 4 rings (SSSR count). The van der Waals surface area contributed by atoms with Crippen LogP contribution in [-0.4, -0.2) is 62.7 Å². The van der Waals surface area contributed by atoms with Crippen LogP contribution in [0, 0.1) is 12.8 Å². The number of nitrogens with zero attached hydrogens (tertiary/aromatic N) is 4. The predicted octanol–water partition coefficient (Wildman–Crippen LogP) is 2.30. The summed E-state index contributed by atoms with van der Waals surface area (Å²) in [4.78, 5) is 52.4. The molecule has 1 atom stereocenters. The molecule has 1 fully saturated rings. The smallest absolute Gasteiger partial charge is 0.341 e. The van der Waals surface area contributed by atoms with E-state index in [0.717, 1.165) is 16.7 Å². The van der Waals surface area contributed by atoms with Crippen LogP contribution in [0.2, 0.25) is 0 Å². The summed E-state index contributed by atoms with van der Waals surface area (Å²) < 4.78 is 0. The fourth-order valence-corrected chi connectivity index (χ4v) is 4.31. The molecule has 33 heavy (non-hydrogen) atoms. The van der Waals surface area contributed by atoms with E-state index in [1.807, 2.05) is 49.5 Å². The Labute approximate surface area is 192 Å². The first-order chi connectivity index (χ1) is 16.0. The second-order valence-corrected chi connectivity index (χ2v) is 8.22. The molecule has 2 aromatic heterocycles. The van der Waals surface area contributed by atoms with Crippen LogP contribution in [0.4, 0.5) is 0 Å². The van der Waals surface area contributed by atoms with Gasteiger partial charge in [0.05, 0.1) is 5.92 Å². The Morgan fingerprint density at radius 2 is 1.97 bits per heavy atom. The molecule has 1 saturated heterocycles. The molecule has 2 amide bonds. The highest BCUT2D eigenvalue weighted by atomic mass is 16.2. The Hall–Kier alpha value is -3.81. The Morgan fingerprint density at radius 3 is 2.70 bits per heavy atom. The van der Waals surface area contributed by atoms with Crippen LogP contribution in [0.5, 0.6) is 0 Å². The molecule has 1 aliphatic rings. The number of amides is 2. The van der Waals surface area contributed by atoms with Gasteiger partial charge in [0.15, 0.2) is 0 Å². The van der Waals surface area contributed by atoms with E-state index in [2.05, 4.69) is 15.0 Å². The van der Waals surface area contributed by atoms with Gasteiger partial charge < -0.3 is 14.8 Å². The molecular weight excluding hydrogens is 418 g/mol. The molecule has 3 heterocycles. The number of carbonyl (C=O) groups is 2. The number of pyridine rings is 1. The van der Waals surface area contributed by atoms with Crippen molar-refractivity contribution in [3.05, 3.63) is 82.3 Å². The van der Waals surface area contributed by atoms with Gasteiger partial charge in [-0.15, -0.1) is 0 Å². The van der Waals surface area contributed by atoms with Gasteiger partial charge in [-0.2, -0.15) is 4.98 Å². The molecule has 0 aliphatic carbocycles. The summed E-state index contributed by atoms with van der Waals surface area (Å²) >= 11 is 0. The lowest BCUT2D eigenvalue weighted by Crippen LogP contribution is -2.38. The minimum Gasteiger partial charge on any atom is -0.341 e. The monoisotopic (exact) mass is 445 g/mol. The molecule has 1 aromatic carbocycles. The van der Waals surface area contributed by atoms with Gasteiger partial charge >= 0.3 is 5.69 Å². The van der Waals surface area contributed by atoms with Gasteiger partial charge in [0.2, 0.25) is 5.91 Å². The molecule has 3 aromatic rings. The number of hydrogen-bond donors (Lipinski definition) is 1. The van der Waals surface area contributed by atoms with Crippen LogP contribution in [-0.2, 0) is 11.2 Å². The molecule has 1 N–H and O–H groups in total. The van der Waals surface area contributed by atoms with Gasteiger partial charge in [0.25, 0.3) is 5.91 Å². The molecule has 170 valence electrons. The van der Waals surface area contributed by atoms with Crippen LogP contribution >= 0.6 is 0 Å². The van der Waals surface area contributed by atoms with Gasteiger partial charge in [0, 0.05) is 49.8 Å². The van der Waals surface area contributed by atoms with Crippen molar-refractivity contribution in [2.24, 2.45) is 5.92 Å². The summed E-state index contributed by atoms with van der Waals surface area (Å²) in [7, 11) is 0. The zero-order valence-corrected chi connectivity index (χ0v) is 18.8. The van der Waals surface area contributed by atoms with Crippen molar-refractivity contribution in [3.8, 4) is 11.1 Å². The number of benzene rings is 1. The standard InChI is InChI=1S/C25H27N5O3/c1-3-29-11-12-30(24(32)22-13-17(2)27-25(33)28-22)16-20(23(29)31)14-18-7-4-5-9-21(18)19-8-6-10-26-15-19/h4-10,13,15,20H,3,11-12,14,16H2,1-2H3,(H,27,28,33). The SMILES string of the molecule is CCN1CCN(C(=O)c2cc(C)[nH]c(=O)n2)CC(Cc2ccccc2-c2cccnc2)C1=O. The molecule has 0 radical (unpaired) electrons. The Balaban J connectivity index is 1.65. The van der Waals surface area contributed by atoms with Crippen molar-refractivity contribution in [2.75, 3.05) is 26.2 Å². The van der Waals surface area contributed by atoms with E-state index in [1.165, 1.54) is 0 Å². The number of rotatable bonds is 5. The van der Waals surface area contributed by atoms with Crippen LogP contribution < -0.4 is 5.69 Å². The van der Waals surface area contributed by atoms with E-state index >= 15 is 0 Å². The first-order valence-electron chi connectivity index (χ1n) is 11.1. The molecule has 0 spiro atoms. The second-order valence-electron chi connectivity index (χ2n) is 8.22. The topological polar surface area (TPSA) is 99.3 Å². The quantitative estimate of drug-likeness (QED) is 0.650. The Kier molecular flexibility index (Phi) is 6.63. The first kappa shape index (κ1) is 22.4. The molecule has 0 saturated carbocycles. The maximum absolute atomic E-state index is 13.3. The van der Waals surface area contributed by atoms with Crippen molar-refractivity contribution in [3.63, 3.8) is 0 Å². The van der Waals surface area contributed by atoms with Gasteiger partial charge in [-0.05, 0) is 43.5 Å². The van der Waals surface area contributed by atoms with Crippen LogP contribution in [0.3, 0.4) is 0 Å². The average Bonchev–Trinajstić information content (AvgIpc) is 2.97. The van der Waals surface area contributed by atoms with E-state index in [4.69, 9.17) is 0 Å². The van der Waals surface area contributed by atoms with Crippen molar-refractivity contribution < 1.29 is 9.59 Å². The Bertz CT molecular complexity index is 1210. The third-order valence-electron chi connectivity index (χ3n) is 5.97. The predicted molar refractivity (Wildman–Crippen MR) is 125 cm³/mol. The third-order valence-corrected chi connectivity index (χ3v) is 5.97. The number of likely N-dealkylation sites (N-methyl/N-ethyl adjacent to an activating group) is 1. The minimum atomic E-state index is -0.554. The molecular formula is C25H27N5O3. The summed E-state index contributed by atoms with van der Waals surface area (Å²) in [6.45, 7) is 5.34. The van der Waals surface area contributed by atoms with Crippen molar-refractivity contribution in [1.29, 1.82) is 0 Å². The fourth-order valence-electron chi connectivity index (χ4n) is 4.31. The summed E-state index contributed by atoms with van der Waals surface area (Å²) in [5.74, 6) is -0.707. The molecule has 1 aliphatic heterocycles. The lowest BCUT2D eigenvalue weighted by Gasteiger charge is -2.24. The number of aromatic nitrogens is 3. The second kappa shape index (κ2) is 9.77. The largest absolute Gasteiger partial charge is 0.345 e. The van der Waals surface area contributed by atoms with Crippen LogP contribution in [0.15, 0.2) is 59.7 Å². The van der Waals surface area contributed by atoms with Gasteiger partial charge in [-0.25, -0.2) is 4.79 Å². The highest BCUT2D eigenvalue weighted by Gasteiger charge is 2.33. The number of carbonyl (C=O) groups excluding carboxylic acids is 2. The number of H-pyrrole nitrogens is 1. The molecule has 0 bridgehead atoms. The third kappa shape index (κ3) is 5.00. The minimum absolute atomic E-state index is 0.0313. The van der Waals surface area contributed by atoms with E-state index in [0.29, 0.717) is 31.7 Å². The highest BCUT2D eigenvalue weighted by Crippen LogP contribution is 2.27. The van der Waals surface area contributed by atoms with E-state index < -0.39 is 11.6 Å². The maximum atomic E-state index is 13.3. The average molecular weight is 446 g/mol. The number of nitrogens with one attached hydrogen (secondary N) is 1. The lowest BCUT2D eigenvalue weighted by atomic mass is 9.91. The van der Waals surface area contributed by atoms with E-state index in [9.17, 15) is 14.4 Å². The van der Waals surface area contributed by atoms with Crippen molar-refractivity contribution in [2.45, 2.75) is 20.3 Å². The molecule has 8 nitrogen and oxygen atoms in total. The number of hydrogen-bond acceptors (Lipinski definition) is 5. The van der Waals surface area contributed by atoms with E-state index in [-0.39, 0.29) is 24.1 Å². The van der Waals surface area contributed by atoms with Gasteiger partial charge in [0.1, 0.15) is 5.69 Å². The lowest BCUT2D eigenvalue weighted by molar-refractivity contribution is -0.134. The number of aromatic amines is 1. The fraction of sp³-hybridized carbons (Fsp3) is 0.320. The number of aryl methyl sites for hydroxylation is 1. The van der Waals surface area contributed by atoms with Crippen molar-refractivity contribution >= 4 is 11.8 Å². The molecule has 1 unspecified atom stereocenters. The van der Waals surface area contributed by atoms with Gasteiger partial charge in [-0.3, -0.25) is 14.6 Å². The zero-order valence-electron chi connectivity index (χ0n) is 18.8. The van der Waals surface area contributed by atoms with Crippen LogP contribution in [0.1, 0.15) is 28.7 Å². The summed E-state index contributed by atoms with van der Waals surface area (Å²) in [6, 6.07) is 13.4. The maximum Gasteiger partial charge on any atom is 0.345 e. The van der Waals surface area contributed by atoms with Gasteiger partial charge in [-0.1, -0.05) is 30.3 Å². The summed E-state index contributed by atoms with van der Waals surface area (Å²) in [6.07, 6.45) is 4.03. The summed E-state index contributed by atoms with van der Waals surface area (Å²) in [5.41, 5.74) is 3.15. The molecule has 8 heteroatoms. The summed E-state index contributed by atoms with van der Waals surface area (Å²) in [5, 5.41) is 0. The van der Waals surface area contributed by atoms with Crippen molar-refractivity contribution in [1.82, 2.24) is 24.8 Å². The first-order valence-corrected chi connectivity index (χ1v) is 11.1. The normalized spacial score (nSPS) is 16.5. The Morgan fingerprint density at radius 1 is 1.15 bits per heavy atom. The van der Waals surface area contributed by atoms with Crippen LogP contribution in [0.25, 0.3) is 11.1 Å². The zero-order chi connectivity index (χ0) is 23.4.